The first-order valence-corrected chi connectivity index (χ1v) is 7.66. The van der Waals surface area contributed by atoms with Gasteiger partial charge in [-0.1, -0.05) is 20.3 Å². The Balaban J connectivity index is 3.01. The molecule has 0 aliphatic heterocycles. The molecule has 0 aliphatic carbocycles. The van der Waals surface area contributed by atoms with E-state index < -0.39 is 16.9 Å². The summed E-state index contributed by atoms with van der Waals surface area (Å²) in [6.07, 6.45) is 0.633. The van der Waals surface area contributed by atoms with E-state index in [9.17, 15) is 20.0 Å². The minimum Gasteiger partial charge on any atom is -0.491 e. The van der Waals surface area contributed by atoms with Crippen molar-refractivity contribution in [1.29, 1.82) is 0 Å². The van der Waals surface area contributed by atoms with Crippen LogP contribution in [0, 0.1) is 16.0 Å². The minimum atomic E-state index is -0.934. The molecule has 2 N–H and O–H groups in total. The van der Waals surface area contributed by atoms with Gasteiger partial charge in [-0.2, -0.15) is 0 Å². The van der Waals surface area contributed by atoms with Crippen molar-refractivity contribution in [2.24, 2.45) is 5.92 Å². The molecule has 2 atom stereocenters. The normalized spacial score (nSPS) is 13.6. The number of benzene rings is 1. The van der Waals surface area contributed by atoms with Crippen LogP contribution in [0.4, 0.5) is 5.69 Å². The van der Waals surface area contributed by atoms with Crippen molar-refractivity contribution in [3.8, 4) is 5.75 Å². The van der Waals surface area contributed by atoms with Crippen LogP contribution in [-0.4, -0.2) is 28.1 Å². The van der Waals surface area contributed by atoms with E-state index in [4.69, 9.17) is 4.74 Å². The van der Waals surface area contributed by atoms with Crippen molar-refractivity contribution in [1.82, 2.24) is 5.32 Å². The molecule has 0 radical (unpaired) electrons. The fourth-order valence-corrected chi connectivity index (χ4v) is 2.17. The fraction of sp³-hybridized carbons (Fsp3) is 0.562. The van der Waals surface area contributed by atoms with Crippen molar-refractivity contribution >= 4 is 11.7 Å². The van der Waals surface area contributed by atoms with Crippen molar-refractivity contribution in [3.05, 3.63) is 33.9 Å². The quantitative estimate of drug-likeness (QED) is 0.535. The topological polar surface area (TPSA) is 102 Å². The van der Waals surface area contributed by atoms with Crippen molar-refractivity contribution in [2.75, 3.05) is 0 Å². The van der Waals surface area contributed by atoms with Gasteiger partial charge in [0.1, 0.15) is 11.8 Å². The number of nitro groups is 1. The van der Waals surface area contributed by atoms with Crippen molar-refractivity contribution in [3.63, 3.8) is 0 Å². The van der Waals surface area contributed by atoms with E-state index in [2.05, 4.69) is 5.32 Å². The Morgan fingerprint density at radius 1 is 1.39 bits per heavy atom. The molecule has 7 nitrogen and oxygen atoms in total. The molecule has 1 aromatic carbocycles. The van der Waals surface area contributed by atoms with E-state index in [1.165, 1.54) is 12.1 Å². The second-order valence-electron chi connectivity index (χ2n) is 5.80. The predicted octanol–water partition coefficient (Wildman–Crippen LogP) is 2.97. The molecule has 0 aliphatic rings. The summed E-state index contributed by atoms with van der Waals surface area (Å²) in [4.78, 5) is 21.8. The molecule has 0 amide bonds. The van der Waals surface area contributed by atoms with E-state index >= 15 is 0 Å². The number of nitrogens with one attached hydrogen (secondary N) is 1. The van der Waals surface area contributed by atoms with Crippen LogP contribution in [0.1, 0.15) is 39.7 Å². The summed E-state index contributed by atoms with van der Waals surface area (Å²) in [5.41, 5.74) is 0.524. The monoisotopic (exact) mass is 324 g/mol. The van der Waals surface area contributed by atoms with Crippen LogP contribution in [-0.2, 0) is 11.3 Å². The van der Waals surface area contributed by atoms with Crippen molar-refractivity contribution in [2.45, 2.75) is 52.8 Å². The summed E-state index contributed by atoms with van der Waals surface area (Å²) >= 11 is 0. The lowest BCUT2D eigenvalue weighted by Gasteiger charge is -2.21. The summed E-state index contributed by atoms with van der Waals surface area (Å²) < 4.78 is 5.65. The molecule has 0 bridgehead atoms. The number of aliphatic carboxylic acids is 1. The first kappa shape index (κ1) is 18.9. The van der Waals surface area contributed by atoms with Gasteiger partial charge in [-0.25, -0.2) is 0 Å². The average molecular weight is 324 g/mol. The number of hydrogen-bond acceptors (Lipinski definition) is 5. The van der Waals surface area contributed by atoms with Gasteiger partial charge in [-0.3, -0.25) is 20.2 Å². The van der Waals surface area contributed by atoms with Crippen LogP contribution in [0.2, 0.25) is 0 Å². The summed E-state index contributed by atoms with van der Waals surface area (Å²) in [5.74, 6) is -0.469. The molecule has 0 spiro atoms. The van der Waals surface area contributed by atoms with E-state index in [0.29, 0.717) is 17.7 Å². The van der Waals surface area contributed by atoms with Crippen LogP contribution < -0.4 is 10.1 Å². The van der Waals surface area contributed by atoms with Crippen LogP contribution in [0.3, 0.4) is 0 Å². The largest absolute Gasteiger partial charge is 0.491 e. The molecule has 128 valence electrons. The highest BCUT2D eigenvalue weighted by molar-refractivity contribution is 5.73. The highest BCUT2D eigenvalue weighted by Gasteiger charge is 2.23. The predicted molar refractivity (Wildman–Crippen MR) is 86.6 cm³/mol. The van der Waals surface area contributed by atoms with E-state index in [1.807, 2.05) is 27.7 Å². The highest BCUT2D eigenvalue weighted by atomic mass is 16.6. The Labute approximate surface area is 135 Å². The zero-order valence-corrected chi connectivity index (χ0v) is 13.9. The zero-order chi connectivity index (χ0) is 17.6. The van der Waals surface area contributed by atoms with Crippen LogP contribution in [0.25, 0.3) is 0 Å². The average Bonchev–Trinajstić information content (AvgIpc) is 2.47. The molecule has 0 aromatic heterocycles. The molecule has 1 aromatic rings. The maximum absolute atomic E-state index is 11.4. The Kier molecular flexibility index (Phi) is 6.96. The molecule has 0 fully saturated rings. The third-order valence-electron chi connectivity index (χ3n) is 3.61. The van der Waals surface area contributed by atoms with Gasteiger partial charge in [0.2, 0.25) is 0 Å². The number of carbonyl (C=O) groups is 1. The van der Waals surface area contributed by atoms with Gasteiger partial charge in [-0.05, 0) is 25.8 Å². The van der Waals surface area contributed by atoms with Gasteiger partial charge < -0.3 is 9.84 Å². The molecule has 7 heteroatoms. The third kappa shape index (κ3) is 5.52. The van der Waals surface area contributed by atoms with Crippen molar-refractivity contribution < 1.29 is 19.6 Å². The molecule has 0 saturated heterocycles. The van der Waals surface area contributed by atoms with Gasteiger partial charge in [0.15, 0.2) is 0 Å². The van der Waals surface area contributed by atoms with Gasteiger partial charge in [0.05, 0.1) is 11.0 Å². The standard InChI is InChI=1S/C16H24N2O5/c1-5-11(4)15(16(19)20)17-9-12-8-13(18(21)22)6-7-14(12)23-10(2)3/h6-8,10-11,15,17H,5,9H2,1-4H3,(H,19,20)/t11-,15-/m0/s1. The van der Waals surface area contributed by atoms with Gasteiger partial charge in [0.25, 0.3) is 5.69 Å². The lowest BCUT2D eigenvalue weighted by Crippen LogP contribution is -2.41. The summed E-state index contributed by atoms with van der Waals surface area (Å²) in [6.45, 7) is 7.68. The molecular weight excluding hydrogens is 300 g/mol. The molecule has 23 heavy (non-hydrogen) atoms. The second-order valence-corrected chi connectivity index (χ2v) is 5.80. The van der Waals surface area contributed by atoms with Crippen LogP contribution in [0.5, 0.6) is 5.75 Å². The van der Waals surface area contributed by atoms with Gasteiger partial charge >= 0.3 is 5.97 Å². The number of non-ortho nitro benzene ring substituents is 1. The maximum atomic E-state index is 11.4. The number of nitro benzene ring substituents is 1. The number of nitrogens with zero attached hydrogens (tertiary/aromatic N) is 1. The summed E-state index contributed by atoms with van der Waals surface area (Å²) in [7, 11) is 0. The first-order valence-electron chi connectivity index (χ1n) is 7.66. The number of rotatable bonds is 9. The molecular formula is C16H24N2O5. The summed E-state index contributed by atoms with van der Waals surface area (Å²) in [5, 5.41) is 23.2. The smallest absolute Gasteiger partial charge is 0.320 e. The number of carboxylic acids is 1. The lowest BCUT2D eigenvalue weighted by atomic mass is 9.99. The Morgan fingerprint density at radius 3 is 2.52 bits per heavy atom. The molecule has 0 unspecified atom stereocenters. The zero-order valence-electron chi connectivity index (χ0n) is 13.9. The van der Waals surface area contributed by atoms with Gasteiger partial charge in [-0.15, -0.1) is 0 Å². The van der Waals surface area contributed by atoms with Crippen LogP contribution in [0.15, 0.2) is 18.2 Å². The highest BCUT2D eigenvalue weighted by Crippen LogP contribution is 2.25. The SMILES string of the molecule is CC[C@H](C)[C@H](NCc1cc([N+](=O)[O-])ccc1OC(C)C)C(=O)O. The minimum absolute atomic E-state index is 0.0479. The van der Waals surface area contributed by atoms with E-state index in [0.717, 1.165) is 0 Å². The number of carboxylic acid groups (broad SMARTS) is 1. The maximum Gasteiger partial charge on any atom is 0.320 e. The summed E-state index contributed by atoms with van der Waals surface area (Å²) in [6, 6.07) is 3.63. The number of ether oxygens (including phenoxy) is 1. The lowest BCUT2D eigenvalue weighted by molar-refractivity contribution is -0.384. The fourth-order valence-electron chi connectivity index (χ4n) is 2.17. The second kappa shape index (κ2) is 8.47. The molecule has 0 heterocycles. The Bertz CT molecular complexity index is 559. The van der Waals surface area contributed by atoms with E-state index in [1.54, 1.807) is 6.07 Å². The third-order valence-corrected chi connectivity index (χ3v) is 3.61. The first-order chi connectivity index (χ1) is 10.8. The Morgan fingerprint density at radius 2 is 2.04 bits per heavy atom. The number of hydrogen-bond donors (Lipinski definition) is 2. The Hall–Kier alpha value is -2.15. The van der Waals surface area contributed by atoms with Crippen LogP contribution >= 0.6 is 0 Å². The van der Waals surface area contributed by atoms with Gasteiger partial charge in [0, 0.05) is 24.2 Å². The molecule has 1 rings (SSSR count). The molecule has 0 saturated carbocycles. The van der Waals surface area contributed by atoms with E-state index in [-0.39, 0.29) is 24.3 Å².